The summed E-state index contributed by atoms with van der Waals surface area (Å²) < 4.78 is 0. The zero-order valence-corrected chi connectivity index (χ0v) is 13.7. The van der Waals surface area contributed by atoms with E-state index >= 15 is 0 Å². The van der Waals surface area contributed by atoms with Crippen LogP contribution in [0.2, 0.25) is 0 Å². The van der Waals surface area contributed by atoms with Crippen molar-refractivity contribution in [1.29, 1.82) is 0 Å². The molecule has 1 aromatic heterocycles. The Bertz CT molecular complexity index is 516. The van der Waals surface area contributed by atoms with Crippen LogP contribution >= 0.6 is 0 Å². The molecule has 1 rings (SSSR count). The Balaban J connectivity index is 2.93. The highest BCUT2D eigenvalue weighted by Crippen LogP contribution is 2.10. The average Bonchev–Trinajstić information content (AvgIpc) is 2.49. The number of carbonyl (C=O) groups excluding carboxylic acids is 1. The van der Waals surface area contributed by atoms with Gasteiger partial charge in [0.15, 0.2) is 0 Å². The van der Waals surface area contributed by atoms with Crippen LogP contribution in [-0.2, 0) is 12.8 Å². The number of nitrogens with one attached hydrogen (secondary N) is 2. The maximum Gasteiger partial charge on any atom is 0.261 e. The minimum atomic E-state index is -0.284. The molecule has 0 radical (unpaired) electrons. The molecule has 0 aliphatic carbocycles. The zero-order valence-electron chi connectivity index (χ0n) is 13.7. The standard InChI is InChI=1S/C17H28N2O2/c1-5-9-13-10-14(17(21)19-15(13)8-4)16(20)18-11-12(6-2)7-3/h10,12H,5-9,11H2,1-4H3,(H,18,20)(H,19,21). The largest absolute Gasteiger partial charge is 0.352 e. The smallest absolute Gasteiger partial charge is 0.261 e. The molecular formula is C17H28N2O2. The number of pyridine rings is 1. The molecule has 21 heavy (non-hydrogen) atoms. The maximum atomic E-state index is 12.2. The SMILES string of the molecule is CCCc1cc(C(=O)NCC(CC)CC)c(=O)[nH]c1CC. The van der Waals surface area contributed by atoms with Gasteiger partial charge >= 0.3 is 0 Å². The highest BCUT2D eigenvalue weighted by Gasteiger charge is 2.15. The van der Waals surface area contributed by atoms with Gasteiger partial charge in [0.1, 0.15) is 5.56 Å². The summed E-state index contributed by atoms with van der Waals surface area (Å²) in [5.74, 6) is 0.209. The van der Waals surface area contributed by atoms with Crippen LogP contribution < -0.4 is 10.9 Å². The lowest BCUT2D eigenvalue weighted by Crippen LogP contribution is -2.33. The van der Waals surface area contributed by atoms with Gasteiger partial charge < -0.3 is 10.3 Å². The second-order valence-electron chi connectivity index (χ2n) is 5.51. The molecular weight excluding hydrogens is 264 g/mol. The molecule has 4 nitrogen and oxygen atoms in total. The monoisotopic (exact) mass is 292 g/mol. The normalized spacial score (nSPS) is 10.9. The molecule has 0 saturated heterocycles. The summed E-state index contributed by atoms with van der Waals surface area (Å²) in [7, 11) is 0. The number of H-pyrrole nitrogens is 1. The van der Waals surface area contributed by atoms with Crippen LogP contribution in [0.1, 0.15) is 68.6 Å². The molecule has 0 aliphatic heterocycles. The number of rotatable bonds is 8. The Hall–Kier alpha value is -1.58. The number of carbonyl (C=O) groups is 1. The van der Waals surface area contributed by atoms with Gasteiger partial charge in [-0.15, -0.1) is 0 Å². The van der Waals surface area contributed by atoms with Gasteiger partial charge in [-0.3, -0.25) is 9.59 Å². The van der Waals surface area contributed by atoms with Gasteiger partial charge in [-0.05, 0) is 30.4 Å². The molecule has 0 aromatic carbocycles. The Labute approximate surface area is 127 Å². The lowest BCUT2D eigenvalue weighted by Gasteiger charge is -2.14. The lowest BCUT2D eigenvalue weighted by molar-refractivity contribution is 0.0944. The maximum absolute atomic E-state index is 12.2. The van der Waals surface area contributed by atoms with Gasteiger partial charge in [-0.25, -0.2) is 0 Å². The second kappa shape index (κ2) is 8.65. The molecule has 0 atom stereocenters. The van der Waals surface area contributed by atoms with Gasteiger partial charge in [-0.1, -0.05) is 47.0 Å². The Morgan fingerprint density at radius 2 is 1.90 bits per heavy atom. The predicted octanol–water partition coefficient (Wildman–Crippen LogP) is 3.06. The summed E-state index contributed by atoms with van der Waals surface area (Å²) >= 11 is 0. The summed E-state index contributed by atoms with van der Waals surface area (Å²) in [6, 6.07) is 1.77. The zero-order chi connectivity index (χ0) is 15.8. The van der Waals surface area contributed by atoms with Crippen molar-refractivity contribution in [3.63, 3.8) is 0 Å². The van der Waals surface area contributed by atoms with Crippen LogP contribution in [0.5, 0.6) is 0 Å². The molecule has 2 N–H and O–H groups in total. The van der Waals surface area contributed by atoms with E-state index in [0.29, 0.717) is 12.5 Å². The topological polar surface area (TPSA) is 62.0 Å². The molecule has 0 unspecified atom stereocenters. The Kier molecular flexibility index (Phi) is 7.20. The first kappa shape index (κ1) is 17.5. The first-order valence-electron chi connectivity index (χ1n) is 8.10. The van der Waals surface area contributed by atoms with Gasteiger partial charge in [0.25, 0.3) is 11.5 Å². The third-order valence-corrected chi connectivity index (χ3v) is 4.04. The quantitative estimate of drug-likeness (QED) is 0.773. The van der Waals surface area contributed by atoms with Crippen LogP contribution in [0.4, 0.5) is 0 Å². The van der Waals surface area contributed by atoms with E-state index in [9.17, 15) is 9.59 Å². The van der Waals surface area contributed by atoms with E-state index in [1.54, 1.807) is 6.07 Å². The summed E-state index contributed by atoms with van der Waals surface area (Å²) in [6.45, 7) is 8.96. The highest BCUT2D eigenvalue weighted by molar-refractivity contribution is 5.94. The molecule has 0 fully saturated rings. The highest BCUT2D eigenvalue weighted by atomic mass is 16.2. The fourth-order valence-corrected chi connectivity index (χ4v) is 2.50. The second-order valence-corrected chi connectivity index (χ2v) is 5.51. The summed E-state index contributed by atoms with van der Waals surface area (Å²) in [5, 5.41) is 2.89. The Morgan fingerprint density at radius 1 is 1.24 bits per heavy atom. The summed E-state index contributed by atoms with van der Waals surface area (Å²) in [4.78, 5) is 27.2. The molecule has 118 valence electrons. The van der Waals surface area contributed by atoms with Crippen molar-refractivity contribution >= 4 is 5.91 Å². The molecule has 0 bridgehead atoms. The van der Waals surface area contributed by atoms with Gasteiger partial charge in [-0.2, -0.15) is 0 Å². The number of hydrogen-bond acceptors (Lipinski definition) is 2. The molecule has 1 heterocycles. The van der Waals surface area contributed by atoms with Crippen LogP contribution in [0, 0.1) is 5.92 Å². The average molecular weight is 292 g/mol. The van der Waals surface area contributed by atoms with Crippen molar-refractivity contribution < 1.29 is 4.79 Å². The van der Waals surface area contributed by atoms with Crippen LogP contribution in [0.25, 0.3) is 0 Å². The molecule has 0 spiro atoms. The molecule has 1 aromatic rings. The first-order chi connectivity index (χ1) is 10.1. The minimum absolute atomic E-state index is 0.238. The molecule has 1 amide bonds. The summed E-state index contributed by atoms with van der Waals surface area (Å²) in [5.41, 5.74) is 1.97. The number of hydrogen-bond donors (Lipinski definition) is 2. The van der Waals surface area contributed by atoms with E-state index in [1.807, 2.05) is 6.92 Å². The fraction of sp³-hybridized carbons (Fsp3) is 0.647. The Morgan fingerprint density at radius 3 is 2.43 bits per heavy atom. The van der Waals surface area contributed by atoms with Crippen molar-refractivity contribution in [1.82, 2.24) is 10.3 Å². The van der Waals surface area contributed by atoms with E-state index in [-0.39, 0.29) is 17.0 Å². The molecule has 4 heteroatoms. The van der Waals surface area contributed by atoms with Crippen molar-refractivity contribution in [2.24, 2.45) is 5.92 Å². The number of aryl methyl sites for hydroxylation is 2. The summed E-state index contributed by atoms with van der Waals surface area (Å²) in [6.07, 6.45) is 4.72. The predicted molar refractivity (Wildman–Crippen MR) is 86.8 cm³/mol. The van der Waals surface area contributed by atoms with E-state index in [1.165, 1.54) is 0 Å². The van der Waals surface area contributed by atoms with Crippen LogP contribution in [-0.4, -0.2) is 17.4 Å². The van der Waals surface area contributed by atoms with Gasteiger partial charge in [0.2, 0.25) is 0 Å². The fourth-order valence-electron chi connectivity index (χ4n) is 2.50. The van der Waals surface area contributed by atoms with Crippen molar-refractivity contribution in [3.8, 4) is 0 Å². The lowest BCUT2D eigenvalue weighted by atomic mass is 10.0. The number of aromatic nitrogens is 1. The third kappa shape index (κ3) is 4.73. The van der Waals surface area contributed by atoms with E-state index in [0.717, 1.165) is 43.4 Å². The molecule has 0 aliphatic rings. The number of amides is 1. The van der Waals surface area contributed by atoms with Gasteiger partial charge in [0, 0.05) is 12.2 Å². The van der Waals surface area contributed by atoms with Crippen molar-refractivity contribution in [3.05, 3.63) is 33.2 Å². The van der Waals surface area contributed by atoms with E-state index in [2.05, 4.69) is 31.1 Å². The van der Waals surface area contributed by atoms with Crippen LogP contribution in [0.15, 0.2) is 10.9 Å². The number of aromatic amines is 1. The van der Waals surface area contributed by atoms with Gasteiger partial charge in [0.05, 0.1) is 0 Å². The minimum Gasteiger partial charge on any atom is -0.352 e. The third-order valence-electron chi connectivity index (χ3n) is 4.04. The van der Waals surface area contributed by atoms with Crippen molar-refractivity contribution in [2.75, 3.05) is 6.54 Å². The van der Waals surface area contributed by atoms with E-state index < -0.39 is 0 Å². The van der Waals surface area contributed by atoms with Crippen LogP contribution in [0.3, 0.4) is 0 Å². The van der Waals surface area contributed by atoms with E-state index in [4.69, 9.17) is 0 Å². The van der Waals surface area contributed by atoms with Crippen molar-refractivity contribution in [2.45, 2.75) is 59.8 Å². The first-order valence-corrected chi connectivity index (χ1v) is 8.10. The molecule has 0 saturated carbocycles.